The minimum Gasteiger partial charge on any atom is -0.310 e. The number of aryl methyl sites for hydroxylation is 2. The van der Waals surface area contributed by atoms with E-state index >= 15 is 0 Å². The van der Waals surface area contributed by atoms with Gasteiger partial charge in [-0.15, -0.1) is 0 Å². The summed E-state index contributed by atoms with van der Waals surface area (Å²) < 4.78 is 0. The van der Waals surface area contributed by atoms with Gasteiger partial charge in [-0.25, -0.2) is 0 Å². The van der Waals surface area contributed by atoms with E-state index in [2.05, 4.69) is 30.4 Å². The Labute approximate surface area is 111 Å². The standard InChI is InChI=1S/C17H25N/c1-2-18-17(14-8-5-9-14)16-11-10-13-6-3-4-7-15(13)12-16/h10-12,14,17-18H,2-9H2,1H3. The van der Waals surface area contributed by atoms with Crippen molar-refractivity contribution in [1.29, 1.82) is 0 Å². The van der Waals surface area contributed by atoms with Crippen LogP contribution in [-0.2, 0) is 12.8 Å². The third-order valence-electron chi connectivity index (χ3n) is 4.78. The van der Waals surface area contributed by atoms with E-state index < -0.39 is 0 Å². The third-order valence-corrected chi connectivity index (χ3v) is 4.78. The molecular weight excluding hydrogens is 218 g/mol. The SMILES string of the molecule is CCNC(c1ccc2c(c1)CCCC2)C1CCC1. The van der Waals surface area contributed by atoms with E-state index in [4.69, 9.17) is 0 Å². The third kappa shape index (κ3) is 2.33. The first kappa shape index (κ1) is 12.2. The predicted octanol–water partition coefficient (Wildman–Crippen LogP) is 4.02. The van der Waals surface area contributed by atoms with E-state index in [1.807, 2.05) is 0 Å². The molecule has 0 bridgehead atoms. The molecule has 0 radical (unpaired) electrons. The van der Waals surface area contributed by atoms with Gasteiger partial charge in [-0.1, -0.05) is 31.5 Å². The van der Waals surface area contributed by atoms with Crippen LogP contribution < -0.4 is 5.32 Å². The van der Waals surface area contributed by atoms with Gasteiger partial charge in [-0.05, 0) is 67.7 Å². The van der Waals surface area contributed by atoms with Crippen LogP contribution in [0.5, 0.6) is 0 Å². The van der Waals surface area contributed by atoms with Crippen molar-refractivity contribution in [2.24, 2.45) is 5.92 Å². The Morgan fingerprint density at radius 3 is 2.56 bits per heavy atom. The van der Waals surface area contributed by atoms with Crippen LogP contribution in [-0.4, -0.2) is 6.54 Å². The quantitative estimate of drug-likeness (QED) is 0.842. The molecule has 0 aliphatic heterocycles. The Morgan fingerprint density at radius 2 is 1.89 bits per heavy atom. The first-order valence-corrected chi connectivity index (χ1v) is 7.73. The van der Waals surface area contributed by atoms with E-state index in [9.17, 15) is 0 Å². The van der Waals surface area contributed by atoms with Crippen LogP contribution in [0, 0.1) is 5.92 Å². The minimum atomic E-state index is 0.607. The normalized spacial score (nSPS) is 21.2. The smallest absolute Gasteiger partial charge is 0.0348 e. The Kier molecular flexibility index (Phi) is 3.69. The van der Waals surface area contributed by atoms with Gasteiger partial charge in [0.05, 0.1) is 0 Å². The Hall–Kier alpha value is -0.820. The summed E-state index contributed by atoms with van der Waals surface area (Å²) in [5, 5.41) is 3.71. The average molecular weight is 243 g/mol. The van der Waals surface area contributed by atoms with Crippen molar-refractivity contribution in [3.8, 4) is 0 Å². The van der Waals surface area contributed by atoms with Crippen molar-refractivity contribution in [1.82, 2.24) is 5.32 Å². The van der Waals surface area contributed by atoms with Gasteiger partial charge in [0, 0.05) is 6.04 Å². The molecule has 0 amide bonds. The van der Waals surface area contributed by atoms with Crippen molar-refractivity contribution in [2.45, 2.75) is 57.9 Å². The molecule has 1 saturated carbocycles. The van der Waals surface area contributed by atoms with Gasteiger partial charge < -0.3 is 5.32 Å². The lowest BCUT2D eigenvalue weighted by molar-refractivity contribution is 0.233. The summed E-state index contributed by atoms with van der Waals surface area (Å²) in [6.07, 6.45) is 9.61. The van der Waals surface area contributed by atoms with E-state index in [1.165, 1.54) is 44.9 Å². The lowest BCUT2D eigenvalue weighted by Crippen LogP contribution is -2.32. The second kappa shape index (κ2) is 5.44. The van der Waals surface area contributed by atoms with Crippen LogP contribution >= 0.6 is 0 Å². The van der Waals surface area contributed by atoms with Crippen LogP contribution in [0.2, 0.25) is 0 Å². The van der Waals surface area contributed by atoms with Gasteiger partial charge in [-0.3, -0.25) is 0 Å². The van der Waals surface area contributed by atoms with E-state index in [0.29, 0.717) is 6.04 Å². The molecule has 1 unspecified atom stereocenters. The van der Waals surface area contributed by atoms with Gasteiger partial charge >= 0.3 is 0 Å². The molecule has 2 aliphatic rings. The maximum Gasteiger partial charge on any atom is 0.0348 e. The molecule has 1 nitrogen and oxygen atoms in total. The van der Waals surface area contributed by atoms with Gasteiger partial charge in [0.15, 0.2) is 0 Å². The number of fused-ring (bicyclic) bond motifs is 1. The van der Waals surface area contributed by atoms with E-state index in [1.54, 1.807) is 16.7 Å². The van der Waals surface area contributed by atoms with Gasteiger partial charge in [0.1, 0.15) is 0 Å². The fourth-order valence-electron chi connectivity index (χ4n) is 3.50. The second-order valence-electron chi connectivity index (χ2n) is 5.96. The zero-order valence-electron chi connectivity index (χ0n) is 11.5. The predicted molar refractivity (Wildman–Crippen MR) is 76.8 cm³/mol. The maximum absolute atomic E-state index is 3.71. The highest BCUT2D eigenvalue weighted by atomic mass is 14.9. The molecule has 1 heteroatoms. The highest BCUT2D eigenvalue weighted by Crippen LogP contribution is 2.38. The topological polar surface area (TPSA) is 12.0 Å². The summed E-state index contributed by atoms with van der Waals surface area (Å²) in [7, 11) is 0. The summed E-state index contributed by atoms with van der Waals surface area (Å²) in [6.45, 7) is 3.31. The van der Waals surface area contributed by atoms with Crippen LogP contribution in [0.3, 0.4) is 0 Å². The summed E-state index contributed by atoms with van der Waals surface area (Å²) in [4.78, 5) is 0. The van der Waals surface area contributed by atoms with Gasteiger partial charge in [0.25, 0.3) is 0 Å². The number of rotatable bonds is 4. The van der Waals surface area contributed by atoms with Crippen molar-refractivity contribution < 1.29 is 0 Å². The Bertz CT molecular complexity index is 406. The monoisotopic (exact) mass is 243 g/mol. The highest BCUT2D eigenvalue weighted by molar-refractivity contribution is 5.35. The number of hydrogen-bond donors (Lipinski definition) is 1. The van der Waals surface area contributed by atoms with E-state index in [-0.39, 0.29) is 0 Å². The summed E-state index contributed by atoms with van der Waals surface area (Å²) in [5.41, 5.74) is 4.78. The fraction of sp³-hybridized carbons (Fsp3) is 0.647. The first-order chi connectivity index (χ1) is 8.88. The first-order valence-electron chi connectivity index (χ1n) is 7.73. The highest BCUT2D eigenvalue weighted by Gasteiger charge is 2.28. The van der Waals surface area contributed by atoms with Crippen molar-refractivity contribution in [3.05, 3.63) is 34.9 Å². The molecule has 1 aromatic rings. The zero-order chi connectivity index (χ0) is 12.4. The summed E-state index contributed by atoms with van der Waals surface area (Å²) >= 11 is 0. The Morgan fingerprint density at radius 1 is 1.11 bits per heavy atom. The molecule has 0 saturated heterocycles. The molecule has 1 N–H and O–H groups in total. The van der Waals surface area contributed by atoms with Crippen LogP contribution in [0.15, 0.2) is 18.2 Å². The maximum atomic E-state index is 3.71. The summed E-state index contributed by atoms with van der Waals surface area (Å²) in [5.74, 6) is 0.881. The van der Waals surface area contributed by atoms with Crippen molar-refractivity contribution >= 4 is 0 Å². The molecule has 3 rings (SSSR count). The molecule has 1 atom stereocenters. The molecule has 98 valence electrons. The Balaban J connectivity index is 1.84. The molecule has 2 aliphatic carbocycles. The zero-order valence-corrected chi connectivity index (χ0v) is 11.5. The molecule has 0 aromatic heterocycles. The molecule has 1 aromatic carbocycles. The fourth-order valence-corrected chi connectivity index (χ4v) is 3.50. The van der Waals surface area contributed by atoms with Crippen LogP contribution in [0.25, 0.3) is 0 Å². The molecular formula is C17H25N. The lowest BCUT2D eigenvalue weighted by atomic mass is 9.76. The number of benzene rings is 1. The lowest BCUT2D eigenvalue weighted by Gasteiger charge is -2.35. The minimum absolute atomic E-state index is 0.607. The van der Waals surface area contributed by atoms with Crippen LogP contribution in [0.1, 0.15) is 61.8 Å². The van der Waals surface area contributed by atoms with Gasteiger partial charge in [-0.2, -0.15) is 0 Å². The molecule has 1 fully saturated rings. The van der Waals surface area contributed by atoms with Crippen molar-refractivity contribution in [3.63, 3.8) is 0 Å². The van der Waals surface area contributed by atoms with Crippen LogP contribution in [0.4, 0.5) is 0 Å². The number of nitrogens with one attached hydrogen (secondary N) is 1. The summed E-state index contributed by atoms with van der Waals surface area (Å²) in [6, 6.07) is 7.89. The molecule has 18 heavy (non-hydrogen) atoms. The van der Waals surface area contributed by atoms with Crippen molar-refractivity contribution in [2.75, 3.05) is 6.54 Å². The largest absolute Gasteiger partial charge is 0.310 e. The average Bonchev–Trinajstić information content (AvgIpc) is 2.35. The number of hydrogen-bond acceptors (Lipinski definition) is 1. The van der Waals surface area contributed by atoms with Gasteiger partial charge in [0.2, 0.25) is 0 Å². The molecule has 0 spiro atoms. The van der Waals surface area contributed by atoms with E-state index in [0.717, 1.165) is 12.5 Å². The second-order valence-corrected chi connectivity index (χ2v) is 5.96. The molecule has 0 heterocycles.